The number of ether oxygens (including phenoxy) is 1. The Labute approximate surface area is 183 Å². The van der Waals surface area contributed by atoms with Crippen LogP contribution in [0.4, 0.5) is 5.69 Å². The summed E-state index contributed by atoms with van der Waals surface area (Å²) in [6, 6.07) is 8.33. The van der Waals surface area contributed by atoms with Crippen molar-refractivity contribution in [3.8, 4) is 0 Å². The van der Waals surface area contributed by atoms with Crippen LogP contribution in [0, 0.1) is 13.8 Å². The zero-order valence-corrected chi connectivity index (χ0v) is 19.6. The average Bonchev–Trinajstić information content (AvgIpc) is 2.96. The summed E-state index contributed by atoms with van der Waals surface area (Å²) in [7, 11) is 1.70. The molecule has 1 aromatic carbocycles. The van der Waals surface area contributed by atoms with Gasteiger partial charge in [-0.1, -0.05) is 12.1 Å². The van der Waals surface area contributed by atoms with Crippen LogP contribution in [0.1, 0.15) is 28.1 Å². The highest BCUT2D eigenvalue weighted by molar-refractivity contribution is 14.0. The van der Waals surface area contributed by atoms with E-state index in [9.17, 15) is 0 Å². The second-order valence-electron chi connectivity index (χ2n) is 5.91. The molecule has 3 N–H and O–H groups in total. The fourth-order valence-electron chi connectivity index (χ4n) is 2.31. The van der Waals surface area contributed by atoms with Gasteiger partial charge < -0.3 is 20.7 Å². The lowest BCUT2D eigenvalue weighted by molar-refractivity contribution is 0.211. The third-order valence-electron chi connectivity index (χ3n) is 3.83. The summed E-state index contributed by atoms with van der Waals surface area (Å²) in [5, 5.41) is 11.0. The lowest BCUT2D eigenvalue weighted by Gasteiger charge is -2.10. The van der Waals surface area contributed by atoms with E-state index < -0.39 is 0 Å². The summed E-state index contributed by atoms with van der Waals surface area (Å²) in [6.45, 7) is 9.85. The topological polar surface area (TPSA) is 70.6 Å². The Morgan fingerprint density at radius 1 is 1.19 bits per heavy atom. The Morgan fingerprint density at radius 2 is 1.93 bits per heavy atom. The third-order valence-corrected chi connectivity index (χ3v) is 4.91. The zero-order chi connectivity index (χ0) is 18.8. The smallest absolute Gasteiger partial charge is 0.191 e. The first kappa shape index (κ1) is 23.6. The van der Waals surface area contributed by atoms with Gasteiger partial charge in [-0.05, 0) is 38.5 Å². The molecule has 6 nitrogen and oxygen atoms in total. The largest absolute Gasteiger partial charge is 0.383 e. The molecule has 0 saturated carbocycles. The molecule has 2 rings (SSSR count). The second kappa shape index (κ2) is 12.9. The molecule has 1 heterocycles. The number of aryl methyl sites for hydroxylation is 2. The number of rotatable bonds is 9. The van der Waals surface area contributed by atoms with Crippen molar-refractivity contribution in [2.75, 3.05) is 32.1 Å². The number of methoxy groups -OCH3 is 1. The summed E-state index contributed by atoms with van der Waals surface area (Å²) in [6.07, 6.45) is 0. The van der Waals surface area contributed by atoms with E-state index in [2.05, 4.69) is 64.0 Å². The molecule has 0 atom stereocenters. The molecular weight excluding hydrogens is 473 g/mol. The van der Waals surface area contributed by atoms with Crippen molar-refractivity contribution in [3.05, 3.63) is 45.4 Å². The van der Waals surface area contributed by atoms with E-state index in [1.807, 2.05) is 6.92 Å². The molecule has 0 saturated heterocycles. The van der Waals surface area contributed by atoms with Gasteiger partial charge in [0.15, 0.2) is 5.96 Å². The first-order valence-corrected chi connectivity index (χ1v) is 9.70. The molecule has 2 aromatic rings. The van der Waals surface area contributed by atoms with Crippen LogP contribution in [0.2, 0.25) is 0 Å². The van der Waals surface area contributed by atoms with Crippen LogP contribution in [0.5, 0.6) is 0 Å². The number of nitrogens with zero attached hydrogens (tertiary/aromatic N) is 2. The maximum Gasteiger partial charge on any atom is 0.191 e. The number of hydrogen-bond acceptors (Lipinski definition) is 5. The summed E-state index contributed by atoms with van der Waals surface area (Å²) in [5.74, 6) is 0.806. The highest BCUT2D eigenvalue weighted by Gasteiger charge is 2.05. The van der Waals surface area contributed by atoms with E-state index in [-0.39, 0.29) is 24.0 Å². The minimum Gasteiger partial charge on any atom is -0.383 e. The minimum atomic E-state index is 0. The number of benzene rings is 1. The number of nitrogens with one attached hydrogen (secondary N) is 3. The van der Waals surface area contributed by atoms with Crippen LogP contribution in [0.3, 0.4) is 0 Å². The third kappa shape index (κ3) is 8.44. The summed E-state index contributed by atoms with van der Waals surface area (Å²) >= 11 is 1.73. The Kier molecular flexibility index (Phi) is 11.3. The molecule has 0 amide bonds. The van der Waals surface area contributed by atoms with Crippen molar-refractivity contribution in [2.45, 2.75) is 33.9 Å². The maximum absolute atomic E-state index is 5.04. The fraction of sp³-hybridized carbons (Fsp3) is 0.474. The molecule has 0 bridgehead atoms. The van der Waals surface area contributed by atoms with Gasteiger partial charge in [-0.2, -0.15) is 0 Å². The van der Waals surface area contributed by atoms with Crippen LogP contribution < -0.4 is 16.0 Å². The highest BCUT2D eigenvalue weighted by Crippen LogP contribution is 2.16. The molecule has 27 heavy (non-hydrogen) atoms. The molecule has 0 aliphatic heterocycles. The van der Waals surface area contributed by atoms with E-state index >= 15 is 0 Å². The standard InChI is InChI=1S/C19H29N5OS.HI/c1-5-20-19(23-13-18-24-14(2)15(3)26-18)22-12-16-6-8-17(9-7-16)21-10-11-25-4;/h6-9,21H,5,10-13H2,1-4H3,(H2,20,22,23);1H. The summed E-state index contributed by atoms with van der Waals surface area (Å²) < 4.78 is 5.04. The van der Waals surface area contributed by atoms with Gasteiger partial charge in [0.25, 0.3) is 0 Å². The van der Waals surface area contributed by atoms with Crippen LogP contribution in [0.25, 0.3) is 0 Å². The Bertz CT molecular complexity index is 683. The number of anilines is 1. The Balaban J connectivity index is 0.00000364. The number of guanidine groups is 1. The minimum absolute atomic E-state index is 0. The molecule has 150 valence electrons. The molecule has 0 aliphatic rings. The first-order valence-electron chi connectivity index (χ1n) is 8.89. The predicted octanol–water partition coefficient (Wildman–Crippen LogP) is 3.69. The van der Waals surface area contributed by atoms with Gasteiger partial charge in [0, 0.05) is 30.8 Å². The van der Waals surface area contributed by atoms with Gasteiger partial charge in [-0.15, -0.1) is 35.3 Å². The van der Waals surface area contributed by atoms with E-state index in [0.29, 0.717) is 19.7 Å². The van der Waals surface area contributed by atoms with Crippen molar-refractivity contribution < 1.29 is 4.74 Å². The number of hydrogen-bond donors (Lipinski definition) is 3. The van der Waals surface area contributed by atoms with Crippen molar-refractivity contribution in [2.24, 2.45) is 4.99 Å². The number of halogens is 1. The van der Waals surface area contributed by atoms with Gasteiger partial charge in [0.2, 0.25) is 0 Å². The number of aliphatic imine (C=N–C) groups is 1. The van der Waals surface area contributed by atoms with Gasteiger partial charge in [-0.3, -0.25) is 0 Å². The highest BCUT2D eigenvalue weighted by atomic mass is 127. The molecule has 0 radical (unpaired) electrons. The van der Waals surface area contributed by atoms with Gasteiger partial charge in [-0.25, -0.2) is 9.98 Å². The Morgan fingerprint density at radius 3 is 2.52 bits per heavy atom. The first-order chi connectivity index (χ1) is 12.6. The van der Waals surface area contributed by atoms with E-state index in [1.54, 1.807) is 18.4 Å². The lowest BCUT2D eigenvalue weighted by Crippen LogP contribution is -2.36. The summed E-state index contributed by atoms with van der Waals surface area (Å²) in [4.78, 5) is 10.5. The second-order valence-corrected chi connectivity index (χ2v) is 7.20. The predicted molar refractivity (Wildman–Crippen MR) is 125 cm³/mol. The van der Waals surface area contributed by atoms with Crippen molar-refractivity contribution in [1.82, 2.24) is 15.6 Å². The van der Waals surface area contributed by atoms with Gasteiger partial charge in [0.1, 0.15) is 5.01 Å². The van der Waals surface area contributed by atoms with Crippen LogP contribution in [-0.2, 0) is 17.8 Å². The van der Waals surface area contributed by atoms with E-state index in [4.69, 9.17) is 4.74 Å². The fourth-order valence-corrected chi connectivity index (χ4v) is 3.19. The van der Waals surface area contributed by atoms with Crippen molar-refractivity contribution >= 4 is 47.0 Å². The Hall–Kier alpha value is -1.39. The lowest BCUT2D eigenvalue weighted by atomic mass is 10.2. The van der Waals surface area contributed by atoms with Gasteiger partial charge in [0.05, 0.1) is 25.4 Å². The van der Waals surface area contributed by atoms with Crippen molar-refractivity contribution in [1.29, 1.82) is 0 Å². The number of thiazole rings is 1. The number of aromatic nitrogens is 1. The van der Waals surface area contributed by atoms with Crippen molar-refractivity contribution in [3.63, 3.8) is 0 Å². The average molecular weight is 503 g/mol. The van der Waals surface area contributed by atoms with Crippen LogP contribution in [-0.4, -0.2) is 37.7 Å². The molecule has 0 fully saturated rings. The van der Waals surface area contributed by atoms with Crippen LogP contribution in [0.15, 0.2) is 29.3 Å². The molecule has 0 spiro atoms. The quantitative estimate of drug-likeness (QED) is 0.211. The molecule has 1 aromatic heterocycles. The molecular formula is C19H30IN5OS. The maximum atomic E-state index is 5.04. The van der Waals surface area contributed by atoms with E-state index in [1.165, 1.54) is 10.4 Å². The summed E-state index contributed by atoms with van der Waals surface area (Å²) in [5.41, 5.74) is 3.36. The normalized spacial score (nSPS) is 11.0. The molecule has 8 heteroatoms. The molecule has 0 unspecified atom stereocenters. The van der Waals surface area contributed by atoms with Crippen LogP contribution >= 0.6 is 35.3 Å². The SMILES string of the molecule is CCNC(=NCc1ccc(NCCOC)cc1)NCc1nc(C)c(C)s1.I. The zero-order valence-electron chi connectivity index (χ0n) is 16.5. The molecule has 0 aliphatic carbocycles. The monoisotopic (exact) mass is 503 g/mol. The van der Waals surface area contributed by atoms with Gasteiger partial charge >= 0.3 is 0 Å². The van der Waals surface area contributed by atoms with E-state index in [0.717, 1.165) is 35.4 Å².